The number of hydrogen-bond acceptors (Lipinski definition) is 4. The Morgan fingerprint density at radius 3 is 3.25 bits per heavy atom. The van der Waals surface area contributed by atoms with Gasteiger partial charge in [0.1, 0.15) is 6.26 Å². The summed E-state index contributed by atoms with van der Waals surface area (Å²) >= 11 is 0. The van der Waals surface area contributed by atoms with Crippen molar-refractivity contribution in [1.82, 2.24) is 5.16 Å². The Labute approximate surface area is 70.9 Å². The summed E-state index contributed by atoms with van der Waals surface area (Å²) in [5, 5.41) is 3.89. The van der Waals surface area contributed by atoms with Crippen LogP contribution in [0.1, 0.15) is 24.1 Å². The topological polar surface area (TPSA) is 78.1 Å². The molecule has 0 amide bonds. The van der Waals surface area contributed by atoms with Gasteiger partial charge in [0, 0.05) is 12.1 Å². The number of nitrogens with zero attached hydrogens (tertiary/aromatic N) is 1. The van der Waals surface area contributed by atoms with Gasteiger partial charge in [-0.05, 0) is 19.3 Å². The smallest absolute Gasteiger partial charge is 0.129 e. The Hall–Kier alpha value is -0.870. The minimum Gasteiger partial charge on any atom is -0.364 e. The molecule has 1 aromatic rings. The monoisotopic (exact) mass is 167 g/mol. The highest BCUT2D eigenvalue weighted by molar-refractivity contribution is 5.27. The lowest BCUT2D eigenvalue weighted by molar-refractivity contribution is 0.381. The molecule has 1 heterocycles. The fourth-order valence-electron chi connectivity index (χ4n) is 1.76. The van der Waals surface area contributed by atoms with Crippen LogP contribution in [0, 0.1) is 0 Å². The second kappa shape index (κ2) is 2.57. The van der Waals surface area contributed by atoms with Crippen LogP contribution in [0.5, 0.6) is 0 Å². The van der Waals surface area contributed by atoms with E-state index < -0.39 is 5.54 Å². The maximum absolute atomic E-state index is 6.09. The Morgan fingerprint density at radius 2 is 2.50 bits per heavy atom. The van der Waals surface area contributed by atoms with Crippen LogP contribution in [-0.4, -0.2) is 11.7 Å². The minimum atomic E-state index is -0.395. The second-order valence-electron chi connectivity index (χ2n) is 3.39. The fourth-order valence-corrected chi connectivity index (χ4v) is 1.76. The summed E-state index contributed by atoms with van der Waals surface area (Å²) < 4.78 is 4.88. The van der Waals surface area contributed by atoms with Gasteiger partial charge in [-0.25, -0.2) is 0 Å². The summed E-state index contributed by atoms with van der Waals surface area (Å²) in [7, 11) is 0. The van der Waals surface area contributed by atoms with E-state index in [9.17, 15) is 0 Å². The molecular weight excluding hydrogens is 154 g/mol. The lowest BCUT2D eigenvalue weighted by Gasteiger charge is -2.30. The van der Waals surface area contributed by atoms with Crippen molar-refractivity contribution >= 4 is 0 Å². The third-order valence-electron chi connectivity index (χ3n) is 2.58. The third kappa shape index (κ3) is 0.956. The Bertz CT molecular complexity index is 284. The number of aromatic nitrogens is 1. The zero-order chi connectivity index (χ0) is 8.60. The first-order valence-corrected chi connectivity index (χ1v) is 4.19. The summed E-state index contributed by atoms with van der Waals surface area (Å²) in [5.74, 6) is 0. The summed E-state index contributed by atoms with van der Waals surface area (Å²) in [4.78, 5) is 0. The molecule has 1 aliphatic carbocycles. The predicted molar refractivity (Wildman–Crippen MR) is 44.4 cm³/mol. The third-order valence-corrected chi connectivity index (χ3v) is 2.58. The zero-order valence-electron chi connectivity index (χ0n) is 6.92. The summed E-state index contributed by atoms with van der Waals surface area (Å²) in [6.07, 6.45) is 4.57. The highest BCUT2D eigenvalue weighted by atomic mass is 16.5. The van der Waals surface area contributed by atoms with Gasteiger partial charge in [-0.2, -0.15) is 0 Å². The fraction of sp³-hybridized carbons (Fsp3) is 0.625. The molecule has 1 atom stereocenters. The Kier molecular flexibility index (Phi) is 1.66. The molecule has 4 nitrogen and oxygen atoms in total. The molecule has 1 unspecified atom stereocenters. The predicted octanol–water partition coefficient (Wildman–Crippen LogP) is 0.124. The Morgan fingerprint density at radius 1 is 1.67 bits per heavy atom. The molecule has 2 rings (SSSR count). The van der Waals surface area contributed by atoms with Crippen molar-refractivity contribution in [3.8, 4) is 0 Å². The number of hydrogen-bond donors (Lipinski definition) is 2. The lowest BCUT2D eigenvalue weighted by atomic mass is 9.81. The van der Waals surface area contributed by atoms with E-state index in [1.54, 1.807) is 6.26 Å². The van der Waals surface area contributed by atoms with Crippen LogP contribution >= 0.6 is 0 Å². The zero-order valence-corrected chi connectivity index (χ0v) is 6.92. The van der Waals surface area contributed by atoms with E-state index >= 15 is 0 Å². The number of rotatable bonds is 1. The summed E-state index contributed by atoms with van der Waals surface area (Å²) in [6, 6.07) is 0. The van der Waals surface area contributed by atoms with E-state index in [2.05, 4.69) is 5.16 Å². The van der Waals surface area contributed by atoms with Crippen LogP contribution in [0.2, 0.25) is 0 Å². The summed E-state index contributed by atoms with van der Waals surface area (Å²) in [6.45, 7) is 0.460. The maximum Gasteiger partial charge on any atom is 0.129 e. The highest BCUT2D eigenvalue weighted by Crippen LogP contribution is 2.31. The molecule has 0 aliphatic heterocycles. The van der Waals surface area contributed by atoms with Crippen LogP contribution in [0.3, 0.4) is 0 Å². The van der Waals surface area contributed by atoms with Gasteiger partial charge in [0.15, 0.2) is 0 Å². The van der Waals surface area contributed by atoms with Gasteiger partial charge in [-0.1, -0.05) is 5.16 Å². The van der Waals surface area contributed by atoms with Crippen LogP contribution in [0.15, 0.2) is 10.8 Å². The largest absolute Gasteiger partial charge is 0.364 e. The molecule has 12 heavy (non-hydrogen) atoms. The van der Waals surface area contributed by atoms with Gasteiger partial charge in [0.05, 0.1) is 11.2 Å². The molecule has 0 bridgehead atoms. The highest BCUT2D eigenvalue weighted by Gasteiger charge is 2.33. The van der Waals surface area contributed by atoms with E-state index in [0.717, 1.165) is 30.5 Å². The lowest BCUT2D eigenvalue weighted by Crippen LogP contribution is -2.46. The van der Waals surface area contributed by atoms with Crippen molar-refractivity contribution in [3.05, 3.63) is 17.5 Å². The molecule has 0 aromatic carbocycles. The second-order valence-corrected chi connectivity index (χ2v) is 3.39. The van der Waals surface area contributed by atoms with Crippen LogP contribution in [0.25, 0.3) is 0 Å². The molecule has 0 spiro atoms. The maximum atomic E-state index is 6.09. The first-order valence-electron chi connectivity index (χ1n) is 4.19. The Balaban J connectivity index is 2.44. The van der Waals surface area contributed by atoms with Crippen molar-refractivity contribution in [2.24, 2.45) is 11.5 Å². The first kappa shape index (κ1) is 7.76. The van der Waals surface area contributed by atoms with Gasteiger partial charge in [0.25, 0.3) is 0 Å². The molecule has 0 saturated carbocycles. The first-order chi connectivity index (χ1) is 5.76. The summed E-state index contributed by atoms with van der Waals surface area (Å²) in [5.41, 5.74) is 13.3. The van der Waals surface area contributed by atoms with E-state index in [1.807, 2.05) is 0 Å². The van der Waals surface area contributed by atoms with E-state index in [-0.39, 0.29) is 0 Å². The SMILES string of the molecule is NCC1(N)CCCc2nocc21. The number of fused-ring (bicyclic) bond motifs is 1. The average Bonchev–Trinajstić information content (AvgIpc) is 2.54. The molecule has 1 aliphatic rings. The van der Waals surface area contributed by atoms with Crippen LogP contribution in [-0.2, 0) is 12.0 Å². The molecule has 0 saturated heterocycles. The minimum absolute atomic E-state index is 0.395. The van der Waals surface area contributed by atoms with Crippen molar-refractivity contribution in [1.29, 1.82) is 0 Å². The van der Waals surface area contributed by atoms with Crippen LogP contribution in [0.4, 0.5) is 0 Å². The van der Waals surface area contributed by atoms with Crippen molar-refractivity contribution in [2.75, 3.05) is 6.54 Å². The van der Waals surface area contributed by atoms with Gasteiger partial charge in [0.2, 0.25) is 0 Å². The van der Waals surface area contributed by atoms with Gasteiger partial charge in [-0.15, -0.1) is 0 Å². The van der Waals surface area contributed by atoms with E-state index in [1.165, 1.54) is 0 Å². The average molecular weight is 167 g/mol. The number of aryl methyl sites for hydroxylation is 1. The molecule has 4 N–H and O–H groups in total. The molecule has 1 aromatic heterocycles. The van der Waals surface area contributed by atoms with Crippen molar-refractivity contribution < 1.29 is 4.52 Å². The van der Waals surface area contributed by atoms with E-state index in [4.69, 9.17) is 16.0 Å². The van der Waals surface area contributed by atoms with Crippen molar-refractivity contribution in [3.63, 3.8) is 0 Å². The standard InChI is InChI=1S/C8H13N3O/c9-5-8(10)3-1-2-7-6(8)4-12-11-7/h4H,1-3,5,9-10H2. The van der Waals surface area contributed by atoms with Gasteiger partial charge in [-0.3, -0.25) is 0 Å². The normalized spacial score (nSPS) is 28.5. The number of nitrogens with two attached hydrogens (primary N) is 2. The van der Waals surface area contributed by atoms with Gasteiger partial charge < -0.3 is 16.0 Å². The molecular formula is C8H13N3O. The van der Waals surface area contributed by atoms with Crippen molar-refractivity contribution in [2.45, 2.75) is 24.8 Å². The van der Waals surface area contributed by atoms with Gasteiger partial charge >= 0.3 is 0 Å². The molecule has 66 valence electrons. The molecule has 4 heteroatoms. The van der Waals surface area contributed by atoms with Crippen LogP contribution < -0.4 is 11.5 Å². The molecule has 0 radical (unpaired) electrons. The van der Waals surface area contributed by atoms with E-state index in [0.29, 0.717) is 6.54 Å². The molecule has 0 fully saturated rings. The quantitative estimate of drug-likeness (QED) is 0.623.